The van der Waals surface area contributed by atoms with E-state index in [0.717, 1.165) is 6.42 Å². The highest BCUT2D eigenvalue weighted by molar-refractivity contribution is 6.33. The lowest BCUT2D eigenvalue weighted by atomic mass is 10.1. The first kappa shape index (κ1) is 13.2. The zero-order chi connectivity index (χ0) is 14.3. The summed E-state index contributed by atoms with van der Waals surface area (Å²) in [6.07, 6.45) is 1.37. The van der Waals surface area contributed by atoms with Crippen LogP contribution in [0.25, 0.3) is 0 Å². The molecule has 0 radical (unpaired) electrons. The second-order valence-corrected chi connectivity index (χ2v) is 5.60. The monoisotopic (exact) mass is 294 g/mol. The van der Waals surface area contributed by atoms with Crippen LogP contribution in [-0.2, 0) is 4.79 Å². The number of nitrogens with zero attached hydrogens (tertiary/aromatic N) is 2. The van der Waals surface area contributed by atoms with E-state index >= 15 is 0 Å². The summed E-state index contributed by atoms with van der Waals surface area (Å²) < 4.78 is 0. The molecule has 1 aromatic rings. The molecule has 2 fully saturated rings. The summed E-state index contributed by atoms with van der Waals surface area (Å²) in [7, 11) is 0. The number of piperazine rings is 1. The van der Waals surface area contributed by atoms with Gasteiger partial charge in [0.15, 0.2) is 0 Å². The largest absolute Gasteiger partial charge is 0.508 e. The molecule has 2 saturated heterocycles. The van der Waals surface area contributed by atoms with Crippen LogP contribution in [0.5, 0.6) is 5.75 Å². The Bertz CT molecular complexity index is 576. The average molecular weight is 295 g/mol. The fourth-order valence-corrected chi connectivity index (χ4v) is 3.09. The van der Waals surface area contributed by atoms with E-state index in [4.69, 9.17) is 11.6 Å². The molecular weight excluding hydrogens is 280 g/mol. The van der Waals surface area contributed by atoms with E-state index in [2.05, 4.69) is 0 Å². The second kappa shape index (κ2) is 4.98. The van der Waals surface area contributed by atoms with Gasteiger partial charge >= 0.3 is 0 Å². The Morgan fingerprint density at radius 1 is 1.35 bits per heavy atom. The van der Waals surface area contributed by atoms with Crippen LogP contribution in [0.15, 0.2) is 18.2 Å². The number of halogens is 1. The van der Waals surface area contributed by atoms with E-state index in [1.807, 2.05) is 4.90 Å². The van der Waals surface area contributed by atoms with E-state index in [-0.39, 0.29) is 23.6 Å². The Morgan fingerprint density at radius 2 is 2.15 bits per heavy atom. The Hall–Kier alpha value is -1.75. The minimum Gasteiger partial charge on any atom is -0.508 e. The molecule has 1 atom stereocenters. The highest BCUT2D eigenvalue weighted by Crippen LogP contribution is 2.26. The number of amides is 2. The molecule has 0 saturated carbocycles. The normalized spacial score (nSPS) is 22.1. The summed E-state index contributed by atoms with van der Waals surface area (Å²) in [5, 5.41) is 9.82. The Morgan fingerprint density at radius 3 is 2.95 bits per heavy atom. The van der Waals surface area contributed by atoms with Crippen LogP contribution in [0.1, 0.15) is 23.2 Å². The number of carbonyl (C=O) groups is 2. The topological polar surface area (TPSA) is 60.9 Å². The molecule has 20 heavy (non-hydrogen) atoms. The SMILES string of the molecule is O=C(c1cc(O)ccc1Cl)N1CCN2C(=O)CCC2C1. The van der Waals surface area contributed by atoms with E-state index in [1.54, 1.807) is 4.90 Å². The van der Waals surface area contributed by atoms with E-state index in [1.165, 1.54) is 18.2 Å². The van der Waals surface area contributed by atoms with Gasteiger partial charge in [0.25, 0.3) is 5.91 Å². The molecule has 0 aromatic heterocycles. The summed E-state index contributed by atoms with van der Waals surface area (Å²) >= 11 is 6.02. The van der Waals surface area contributed by atoms with Crippen molar-refractivity contribution in [3.05, 3.63) is 28.8 Å². The number of aromatic hydroxyl groups is 1. The highest BCUT2D eigenvalue weighted by atomic mass is 35.5. The Balaban J connectivity index is 1.78. The maximum atomic E-state index is 12.5. The van der Waals surface area contributed by atoms with Crippen molar-refractivity contribution in [2.75, 3.05) is 19.6 Å². The summed E-state index contributed by atoms with van der Waals surface area (Å²) in [5.41, 5.74) is 0.310. The second-order valence-electron chi connectivity index (χ2n) is 5.19. The van der Waals surface area contributed by atoms with Crippen molar-refractivity contribution in [3.8, 4) is 5.75 Å². The first-order valence-corrected chi connectivity index (χ1v) is 7.01. The van der Waals surface area contributed by atoms with Gasteiger partial charge in [-0.3, -0.25) is 9.59 Å². The molecule has 1 aromatic carbocycles. The zero-order valence-electron chi connectivity index (χ0n) is 10.9. The first-order chi connectivity index (χ1) is 9.56. The van der Waals surface area contributed by atoms with Crippen LogP contribution in [0.3, 0.4) is 0 Å². The fourth-order valence-electron chi connectivity index (χ4n) is 2.90. The van der Waals surface area contributed by atoms with Crippen LogP contribution in [0.2, 0.25) is 5.02 Å². The van der Waals surface area contributed by atoms with Gasteiger partial charge in [-0.2, -0.15) is 0 Å². The molecule has 3 rings (SSSR count). The molecule has 2 heterocycles. The zero-order valence-corrected chi connectivity index (χ0v) is 11.6. The Kier molecular flexibility index (Phi) is 3.30. The highest BCUT2D eigenvalue weighted by Gasteiger charge is 2.37. The number of benzene rings is 1. The standard InChI is InChI=1S/C14H15ClN2O3/c15-12-3-2-10(18)7-11(12)14(20)16-5-6-17-9(8-16)1-4-13(17)19/h2-3,7,9,18H,1,4-6,8H2. The van der Waals surface area contributed by atoms with Crippen molar-refractivity contribution < 1.29 is 14.7 Å². The van der Waals surface area contributed by atoms with Crippen LogP contribution >= 0.6 is 11.6 Å². The van der Waals surface area contributed by atoms with Gasteiger partial charge in [0, 0.05) is 32.1 Å². The summed E-state index contributed by atoms with van der Waals surface area (Å²) in [5.74, 6) is 0.00909. The van der Waals surface area contributed by atoms with Gasteiger partial charge in [-0.05, 0) is 24.6 Å². The van der Waals surface area contributed by atoms with E-state index in [9.17, 15) is 14.7 Å². The molecular formula is C14H15ClN2O3. The average Bonchev–Trinajstić information content (AvgIpc) is 2.82. The number of fused-ring (bicyclic) bond motifs is 1. The number of carbonyl (C=O) groups excluding carboxylic acids is 2. The maximum Gasteiger partial charge on any atom is 0.255 e. The van der Waals surface area contributed by atoms with Gasteiger partial charge in [-0.1, -0.05) is 11.6 Å². The molecule has 1 unspecified atom stereocenters. The van der Waals surface area contributed by atoms with Crippen molar-refractivity contribution >= 4 is 23.4 Å². The maximum absolute atomic E-state index is 12.5. The van der Waals surface area contributed by atoms with Crippen molar-refractivity contribution in [3.63, 3.8) is 0 Å². The summed E-state index contributed by atoms with van der Waals surface area (Å²) in [4.78, 5) is 27.7. The first-order valence-electron chi connectivity index (χ1n) is 6.63. The molecule has 0 aliphatic carbocycles. The van der Waals surface area contributed by atoms with E-state index < -0.39 is 0 Å². The molecule has 2 amide bonds. The predicted molar refractivity (Wildman–Crippen MR) is 73.8 cm³/mol. The Labute approximate surface area is 121 Å². The molecule has 2 aliphatic heterocycles. The summed E-state index contributed by atoms with van der Waals surface area (Å²) in [6, 6.07) is 4.47. The number of hydrogen-bond donors (Lipinski definition) is 1. The molecule has 5 nitrogen and oxygen atoms in total. The summed E-state index contributed by atoms with van der Waals surface area (Å²) in [6.45, 7) is 1.62. The van der Waals surface area contributed by atoms with Crippen molar-refractivity contribution in [2.45, 2.75) is 18.9 Å². The number of hydrogen-bond acceptors (Lipinski definition) is 3. The van der Waals surface area contributed by atoms with Crippen LogP contribution in [0.4, 0.5) is 0 Å². The van der Waals surface area contributed by atoms with Gasteiger partial charge in [0.05, 0.1) is 10.6 Å². The van der Waals surface area contributed by atoms with Crippen molar-refractivity contribution in [2.24, 2.45) is 0 Å². The lowest BCUT2D eigenvalue weighted by molar-refractivity contribution is -0.130. The quantitative estimate of drug-likeness (QED) is 0.854. The minimum atomic E-state index is -0.190. The molecule has 6 heteroatoms. The molecule has 0 spiro atoms. The predicted octanol–water partition coefficient (Wildman–Crippen LogP) is 1.49. The lowest BCUT2D eigenvalue weighted by Gasteiger charge is -2.37. The fraction of sp³-hybridized carbons (Fsp3) is 0.429. The van der Waals surface area contributed by atoms with Crippen LogP contribution in [-0.4, -0.2) is 52.4 Å². The number of rotatable bonds is 1. The van der Waals surface area contributed by atoms with Gasteiger partial charge in [-0.15, -0.1) is 0 Å². The van der Waals surface area contributed by atoms with Gasteiger partial charge < -0.3 is 14.9 Å². The minimum absolute atomic E-state index is 0.0208. The van der Waals surface area contributed by atoms with Gasteiger partial charge in [0.2, 0.25) is 5.91 Å². The molecule has 1 N–H and O–H groups in total. The third-order valence-electron chi connectivity index (χ3n) is 3.96. The van der Waals surface area contributed by atoms with Crippen LogP contribution in [0, 0.1) is 0 Å². The van der Waals surface area contributed by atoms with Gasteiger partial charge in [0.1, 0.15) is 5.75 Å². The molecule has 2 aliphatic rings. The van der Waals surface area contributed by atoms with Crippen molar-refractivity contribution in [1.82, 2.24) is 9.80 Å². The van der Waals surface area contributed by atoms with Crippen LogP contribution < -0.4 is 0 Å². The van der Waals surface area contributed by atoms with E-state index in [0.29, 0.717) is 36.6 Å². The smallest absolute Gasteiger partial charge is 0.255 e. The number of phenolic OH excluding ortho intramolecular Hbond substituents is 1. The molecule has 0 bridgehead atoms. The third-order valence-corrected chi connectivity index (χ3v) is 4.29. The van der Waals surface area contributed by atoms with Crippen molar-refractivity contribution in [1.29, 1.82) is 0 Å². The number of phenols is 1. The van der Waals surface area contributed by atoms with Gasteiger partial charge in [-0.25, -0.2) is 0 Å². The molecule has 106 valence electrons. The lowest BCUT2D eigenvalue weighted by Crippen LogP contribution is -2.53. The third kappa shape index (κ3) is 2.22.